The number of nitrogens with zero attached hydrogens (tertiary/aromatic N) is 2. The Morgan fingerprint density at radius 2 is 2.25 bits per heavy atom. The Kier molecular flexibility index (Phi) is 4.50. The third kappa shape index (κ3) is 3.04. The van der Waals surface area contributed by atoms with Crippen LogP contribution < -0.4 is 4.74 Å². The number of methoxy groups -OCH3 is 1. The van der Waals surface area contributed by atoms with Crippen LogP contribution in [-0.4, -0.2) is 22.4 Å². The number of halogens is 1. The first-order valence-electron chi connectivity index (χ1n) is 6.52. The molecule has 0 bridgehead atoms. The van der Waals surface area contributed by atoms with E-state index in [1.54, 1.807) is 6.20 Å². The SMILES string of the molecule is CCCn1ccnc1CC(=O)c1ccc(F)c(OC)c1. The van der Waals surface area contributed by atoms with Crippen molar-refractivity contribution in [2.75, 3.05) is 7.11 Å². The molecule has 0 aliphatic carbocycles. The molecule has 106 valence electrons. The van der Waals surface area contributed by atoms with Gasteiger partial charge in [0.15, 0.2) is 17.3 Å². The Morgan fingerprint density at radius 3 is 2.95 bits per heavy atom. The van der Waals surface area contributed by atoms with Gasteiger partial charge in [-0.1, -0.05) is 6.92 Å². The zero-order valence-corrected chi connectivity index (χ0v) is 11.6. The third-order valence-electron chi connectivity index (χ3n) is 3.06. The first kappa shape index (κ1) is 14.2. The molecule has 0 radical (unpaired) electrons. The van der Waals surface area contributed by atoms with Gasteiger partial charge in [0.25, 0.3) is 0 Å². The summed E-state index contributed by atoms with van der Waals surface area (Å²) in [5.74, 6) is 0.219. The van der Waals surface area contributed by atoms with Crippen LogP contribution in [0.3, 0.4) is 0 Å². The van der Waals surface area contributed by atoms with E-state index < -0.39 is 5.82 Å². The molecule has 1 aromatic carbocycles. The number of Topliss-reactive ketones (excluding diaryl/α,β-unsaturated/α-hetero) is 1. The molecule has 0 saturated heterocycles. The molecule has 2 aromatic rings. The van der Waals surface area contributed by atoms with Gasteiger partial charge in [-0.25, -0.2) is 9.37 Å². The van der Waals surface area contributed by atoms with Crippen LogP contribution >= 0.6 is 0 Å². The average Bonchev–Trinajstić information content (AvgIpc) is 2.87. The molecule has 0 amide bonds. The Bertz CT molecular complexity index is 608. The third-order valence-corrected chi connectivity index (χ3v) is 3.06. The second-order valence-corrected chi connectivity index (χ2v) is 4.49. The fourth-order valence-electron chi connectivity index (χ4n) is 2.03. The van der Waals surface area contributed by atoms with Crippen molar-refractivity contribution in [1.82, 2.24) is 9.55 Å². The van der Waals surface area contributed by atoms with Gasteiger partial charge in [-0.3, -0.25) is 4.79 Å². The highest BCUT2D eigenvalue weighted by Crippen LogP contribution is 2.19. The molecule has 0 unspecified atom stereocenters. The van der Waals surface area contributed by atoms with Crippen molar-refractivity contribution >= 4 is 5.78 Å². The van der Waals surface area contributed by atoms with E-state index in [0.29, 0.717) is 5.56 Å². The summed E-state index contributed by atoms with van der Waals surface area (Å²) in [6, 6.07) is 4.13. The van der Waals surface area contributed by atoms with Crippen molar-refractivity contribution < 1.29 is 13.9 Å². The first-order chi connectivity index (χ1) is 9.65. The lowest BCUT2D eigenvalue weighted by atomic mass is 10.1. The van der Waals surface area contributed by atoms with Crippen molar-refractivity contribution in [3.05, 3.63) is 47.8 Å². The number of aromatic nitrogens is 2. The monoisotopic (exact) mass is 276 g/mol. The highest BCUT2D eigenvalue weighted by Gasteiger charge is 2.13. The van der Waals surface area contributed by atoms with Gasteiger partial charge in [0.2, 0.25) is 0 Å². The summed E-state index contributed by atoms with van der Waals surface area (Å²) in [5.41, 5.74) is 0.425. The number of hydrogen-bond donors (Lipinski definition) is 0. The van der Waals surface area contributed by atoms with E-state index in [-0.39, 0.29) is 18.0 Å². The van der Waals surface area contributed by atoms with Gasteiger partial charge >= 0.3 is 0 Å². The number of rotatable bonds is 6. The number of hydrogen-bond acceptors (Lipinski definition) is 3. The van der Waals surface area contributed by atoms with Gasteiger partial charge in [0.1, 0.15) is 5.82 Å². The number of carbonyl (C=O) groups excluding carboxylic acids is 1. The molecular formula is C15H17FN2O2. The largest absolute Gasteiger partial charge is 0.494 e. The summed E-state index contributed by atoms with van der Waals surface area (Å²) in [7, 11) is 1.38. The molecule has 1 aromatic heterocycles. The lowest BCUT2D eigenvalue weighted by Gasteiger charge is -2.07. The minimum atomic E-state index is -0.475. The normalized spacial score (nSPS) is 10.6. The highest BCUT2D eigenvalue weighted by molar-refractivity contribution is 5.97. The van der Waals surface area contributed by atoms with Crippen LogP contribution in [0.2, 0.25) is 0 Å². The minimum absolute atomic E-state index is 0.0766. The number of aryl methyl sites for hydroxylation is 1. The van der Waals surface area contributed by atoms with Crippen molar-refractivity contribution in [2.24, 2.45) is 0 Å². The van der Waals surface area contributed by atoms with E-state index in [1.165, 1.54) is 25.3 Å². The summed E-state index contributed by atoms with van der Waals surface area (Å²) >= 11 is 0. The fraction of sp³-hybridized carbons (Fsp3) is 0.333. The molecule has 0 saturated carbocycles. The Balaban J connectivity index is 2.17. The smallest absolute Gasteiger partial charge is 0.170 e. The van der Waals surface area contributed by atoms with Crippen LogP contribution in [0.4, 0.5) is 4.39 Å². The van der Waals surface area contributed by atoms with Crippen molar-refractivity contribution in [3.63, 3.8) is 0 Å². The molecule has 5 heteroatoms. The summed E-state index contributed by atoms with van der Waals surface area (Å²) in [6.07, 6.45) is 4.71. The van der Waals surface area contributed by atoms with Crippen molar-refractivity contribution in [2.45, 2.75) is 26.3 Å². The molecular weight excluding hydrogens is 259 g/mol. The van der Waals surface area contributed by atoms with Crippen molar-refractivity contribution in [3.8, 4) is 5.75 Å². The van der Waals surface area contributed by atoms with E-state index >= 15 is 0 Å². The van der Waals surface area contributed by atoms with E-state index in [0.717, 1.165) is 18.8 Å². The quantitative estimate of drug-likeness (QED) is 0.762. The molecule has 0 spiro atoms. The zero-order chi connectivity index (χ0) is 14.5. The number of carbonyl (C=O) groups is 1. The van der Waals surface area contributed by atoms with Gasteiger partial charge in [0, 0.05) is 24.5 Å². The second-order valence-electron chi connectivity index (χ2n) is 4.49. The van der Waals surface area contributed by atoms with Gasteiger partial charge in [-0.2, -0.15) is 0 Å². The highest BCUT2D eigenvalue weighted by atomic mass is 19.1. The molecule has 0 N–H and O–H groups in total. The zero-order valence-electron chi connectivity index (χ0n) is 11.6. The lowest BCUT2D eigenvalue weighted by Crippen LogP contribution is -2.10. The minimum Gasteiger partial charge on any atom is -0.494 e. The maximum Gasteiger partial charge on any atom is 0.170 e. The second kappa shape index (κ2) is 6.32. The van der Waals surface area contributed by atoms with Gasteiger partial charge in [-0.15, -0.1) is 0 Å². The van der Waals surface area contributed by atoms with Gasteiger partial charge in [0.05, 0.1) is 13.5 Å². The summed E-state index contributed by atoms with van der Waals surface area (Å²) in [4.78, 5) is 16.4. The predicted molar refractivity (Wildman–Crippen MR) is 73.5 cm³/mol. The number of benzene rings is 1. The predicted octanol–water partition coefficient (Wildman–Crippen LogP) is 2.87. The summed E-state index contributed by atoms with van der Waals surface area (Å²) in [5, 5.41) is 0. The molecule has 0 aliphatic rings. The maximum atomic E-state index is 13.3. The Labute approximate surface area is 117 Å². The van der Waals surface area contributed by atoms with Gasteiger partial charge in [-0.05, 0) is 24.6 Å². The lowest BCUT2D eigenvalue weighted by molar-refractivity contribution is 0.0989. The van der Waals surface area contributed by atoms with Crippen LogP contribution in [-0.2, 0) is 13.0 Å². The molecule has 2 rings (SSSR count). The van der Waals surface area contributed by atoms with E-state index in [9.17, 15) is 9.18 Å². The van der Waals surface area contributed by atoms with Crippen LogP contribution in [0.15, 0.2) is 30.6 Å². The van der Waals surface area contributed by atoms with E-state index in [1.807, 2.05) is 10.8 Å². The first-order valence-corrected chi connectivity index (χ1v) is 6.52. The maximum absolute atomic E-state index is 13.3. The van der Waals surface area contributed by atoms with Crippen LogP contribution in [0.5, 0.6) is 5.75 Å². The van der Waals surface area contributed by atoms with Crippen LogP contribution in [0, 0.1) is 5.82 Å². The Hall–Kier alpha value is -2.17. The molecule has 0 fully saturated rings. The molecule has 0 aliphatic heterocycles. The Morgan fingerprint density at radius 1 is 1.45 bits per heavy atom. The van der Waals surface area contributed by atoms with Crippen LogP contribution in [0.1, 0.15) is 29.5 Å². The summed E-state index contributed by atoms with van der Waals surface area (Å²) in [6.45, 7) is 2.89. The summed E-state index contributed by atoms with van der Waals surface area (Å²) < 4.78 is 20.2. The fourth-order valence-corrected chi connectivity index (χ4v) is 2.03. The topological polar surface area (TPSA) is 44.1 Å². The van der Waals surface area contributed by atoms with Crippen LogP contribution in [0.25, 0.3) is 0 Å². The van der Waals surface area contributed by atoms with Gasteiger partial charge < -0.3 is 9.30 Å². The number of ketones is 1. The molecule has 1 heterocycles. The number of ether oxygens (including phenoxy) is 1. The van der Waals surface area contributed by atoms with E-state index in [2.05, 4.69) is 11.9 Å². The molecule has 4 nitrogen and oxygen atoms in total. The molecule has 0 atom stereocenters. The van der Waals surface area contributed by atoms with E-state index in [4.69, 9.17) is 4.74 Å². The standard InChI is InChI=1S/C15H17FN2O2/c1-3-7-18-8-6-17-15(18)10-13(19)11-4-5-12(16)14(9-11)20-2/h4-6,8-9H,3,7,10H2,1-2H3. The molecule has 20 heavy (non-hydrogen) atoms. The van der Waals surface area contributed by atoms with Crippen molar-refractivity contribution in [1.29, 1.82) is 0 Å². The average molecular weight is 276 g/mol. The number of imidazole rings is 1.